The van der Waals surface area contributed by atoms with Gasteiger partial charge >= 0.3 is 0 Å². The number of nitrogens with one attached hydrogen (secondary N) is 1. The zero-order valence-corrected chi connectivity index (χ0v) is 15.1. The van der Waals surface area contributed by atoms with Crippen molar-refractivity contribution in [2.75, 3.05) is 7.05 Å². The fourth-order valence-electron chi connectivity index (χ4n) is 3.47. The molecule has 2 aromatic carbocycles. The van der Waals surface area contributed by atoms with E-state index in [1.165, 1.54) is 33.4 Å². The van der Waals surface area contributed by atoms with Gasteiger partial charge in [0.25, 0.3) is 0 Å². The minimum atomic E-state index is 0.938. The molecule has 25 heavy (non-hydrogen) atoms. The fraction of sp³-hybridized carbons (Fsp3) is 0.217. The lowest BCUT2D eigenvalue weighted by atomic mass is 9.81. The van der Waals surface area contributed by atoms with E-state index >= 15 is 0 Å². The summed E-state index contributed by atoms with van der Waals surface area (Å²) in [5.74, 6) is 0. The van der Waals surface area contributed by atoms with Crippen LogP contribution in [0.25, 0.3) is 11.1 Å². The van der Waals surface area contributed by atoms with Gasteiger partial charge in [-0.3, -0.25) is 0 Å². The van der Waals surface area contributed by atoms with E-state index in [1.54, 1.807) is 0 Å². The van der Waals surface area contributed by atoms with E-state index < -0.39 is 0 Å². The van der Waals surface area contributed by atoms with Gasteiger partial charge in [0.05, 0.1) is 0 Å². The van der Waals surface area contributed by atoms with Crippen molar-refractivity contribution in [1.82, 2.24) is 5.32 Å². The molecule has 0 saturated heterocycles. The first kappa shape index (κ1) is 17.4. The van der Waals surface area contributed by atoms with Crippen LogP contribution in [0.15, 0.2) is 66.8 Å². The molecule has 0 saturated carbocycles. The topological polar surface area (TPSA) is 12.0 Å². The quantitative estimate of drug-likeness (QED) is 0.616. The second kappa shape index (κ2) is 7.61. The summed E-state index contributed by atoms with van der Waals surface area (Å²) in [7, 11) is 8.39. The summed E-state index contributed by atoms with van der Waals surface area (Å²) in [4.78, 5) is 0. The summed E-state index contributed by atoms with van der Waals surface area (Å²) >= 11 is 0. The molecule has 0 aliphatic heterocycles. The highest BCUT2D eigenvalue weighted by Gasteiger charge is 2.17. The Morgan fingerprint density at radius 3 is 2.56 bits per heavy atom. The molecule has 124 valence electrons. The third-order valence-corrected chi connectivity index (χ3v) is 4.78. The van der Waals surface area contributed by atoms with Gasteiger partial charge in [-0.05, 0) is 59.6 Å². The van der Waals surface area contributed by atoms with Crippen molar-refractivity contribution in [1.29, 1.82) is 0 Å². The highest BCUT2D eigenvalue weighted by Crippen LogP contribution is 2.35. The second-order valence-electron chi connectivity index (χ2n) is 6.58. The van der Waals surface area contributed by atoms with Crippen molar-refractivity contribution in [3.8, 4) is 0 Å². The molecule has 2 aromatic rings. The second-order valence-corrected chi connectivity index (χ2v) is 6.58. The molecule has 0 unspecified atom stereocenters. The SMILES string of the molecule is [B]C1=C(c2ccc(C)cc2)c2ccc(/C(C=C)=C/NC)cc2CCC1. The summed E-state index contributed by atoms with van der Waals surface area (Å²) in [5, 5.41) is 3.09. The zero-order valence-electron chi connectivity index (χ0n) is 15.1. The number of hydrogen-bond donors (Lipinski definition) is 1. The number of fused-ring (bicyclic) bond motifs is 1. The van der Waals surface area contributed by atoms with Crippen molar-refractivity contribution in [2.24, 2.45) is 0 Å². The van der Waals surface area contributed by atoms with Gasteiger partial charge in [0.1, 0.15) is 7.85 Å². The molecule has 1 N–H and O–H groups in total. The summed E-state index contributed by atoms with van der Waals surface area (Å²) < 4.78 is 0. The lowest BCUT2D eigenvalue weighted by Crippen LogP contribution is -1.99. The van der Waals surface area contributed by atoms with Crippen LogP contribution < -0.4 is 5.32 Å². The van der Waals surface area contributed by atoms with Gasteiger partial charge in [0, 0.05) is 13.2 Å². The lowest BCUT2D eigenvalue weighted by Gasteiger charge is -2.16. The lowest BCUT2D eigenvalue weighted by molar-refractivity contribution is 0.843. The Bertz CT molecular complexity index is 841. The van der Waals surface area contributed by atoms with Crippen LogP contribution in [0.2, 0.25) is 0 Å². The Labute approximate surface area is 152 Å². The maximum absolute atomic E-state index is 6.48. The normalized spacial score (nSPS) is 14.7. The summed E-state index contributed by atoms with van der Waals surface area (Å²) in [6.07, 6.45) is 6.93. The summed E-state index contributed by atoms with van der Waals surface area (Å²) in [6.45, 7) is 6.04. The van der Waals surface area contributed by atoms with Crippen LogP contribution in [0.4, 0.5) is 0 Å². The average molecular weight is 325 g/mol. The third kappa shape index (κ3) is 3.63. The minimum absolute atomic E-state index is 0.938. The number of rotatable bonds is 4. The van der Waals surface area contributed by atoms with Gasteiger partial charge in [-0.15, -0.1) is 5.47 Å². The Kier molecular flexibility index (Phi) is 5.28. The smallest absolute Gasteiger partial charge is 0.108 e. The summed E-state index contributed by atoms with van der Waals surface area (Å²) in [6, 6.07) is 15.3. The Balaban J connectivity index is 2.12. The zero-order chi connectivity index (χ0) is 17.8. The molecule has 2 radical (unpaired) electrons. The van der Waals surface area contributed by atoms with Gasteiger partial charge in [-0.1, -0.05) is 60.7 Å². The van der Waals surface area contributed by atoms with Crippen molar-refractivity contribution in [3.05, 3.63) is 94.6 Å². The number of benzene rings is 2. The molecule has 3 rings (SSSR count). The largest absolute Gasteiger partial charge is 0.393 e. The van der Waals surface area contributed by atoms with Gasteiger partial charge in [-0.2, -0.15) is 0 Å². The molecule has 1 aliphatic carbocycles. The predicted molar refractivity (Wildman–Crippen MR) is 110 cm³/mol. The average Bonchev–Trinajstić information content (AvgIpc) is 2.78. The molecule has 2 heteroatoms. The number of aryl methyl sites for hydroxylation is 2. The molecule has 0 amide bonds. The standard InChI is InChI=1S/C23H24BN/c1-4-17(15-25-3)19-12-13-21-20(14-19)6-5-7-22(24)23(21)18-10-8-16(2)9-11-18/h4,8-15,25H,1,5-7H2,2-3H3/b17-15+. The van der Waals surface area contributed by atoms with E-state index in [2.05, 4.69) is 61.3 Å². The van der Waals surface area contributed by atoms with E-state index in [0.717, 1.165) is 30.3 Å². The van der Waals surface area contributed by atoms with E-state index in [9.17, 15) is 0 Å². The van der Waals surface area contributed by atoms with Gasteiger partial charge in [0.2, 0.25) is 0 Å². The molecular formula is C23H24BN. The van der Waals surface area contributed by atoms with Crippen molar-refractivity contribution in [2.45, 2.75) is 26.2 Å². The maximum Gasteiger partial charge on any atom is 0.108 e. The van der Waals surface area contributed by atoms with Crippen LogP contribution in [0, 0.1) is 6.92 Å². The molecule has 0 aromatic heterocycles. The molecule has 0 atom stereocenters. The van der Waals surface area contributed by atoms with Crippen LogP contribution >= 0.6 is 0 Å². The Morgan fingerprint density at radius 1 is 1.12 bits per heavy atom. The molecule has 0 spiro atoms. The van der Waals surface area contributed by atoms with E-state index in [0.29, 0.717) is 0 Å². The van der Waals surface area contributed by atoms with Crippen molar-refractivity contribution >= 4 is 19.0 Å². The molecular weight excluding hydrogens is 301 g/mol. The highest BCUT2D eigenvalue weighted by molar-refractivity contribution is 6.26. The van der Waals surface area contributed by atoms with Crippen LogP contribution in [0.1, 0.15) is 40.7 Å². The predicted octanol–water partition coefficient (Wildman–Crippen LogP) is 5.01. The Hall–Kier alpha value is -2.48. The molecule has 0 heterocycles. The van der Waals surface area contributed by atoms with Crippen LogP contribution in [-0.4, -0.2) is 14.9 Å². The summed E-state index contributed by atoms with van der Waals surface area (Å²) in [5.41, 5.74) is 9.55. The van der Waals surface area contributed by atoms with Crippen molar-refractivity contribution < 1.29 is 0 Å². The highest BCUT2D eigenvalue weighted by atomic mass is 14.8. The molecule has 0 bridgehead atoms. The first-order chi connectivity index (χ1) is 12.1. The molecule has 1 aliphatic rings. The first-order valence-corrected chi connectivity index (χ1v) is 8.83. The van der Waals surface area contributed by atoms with Crippen molar-refractivity contribution in [3.63, 3.8) is 0 Å². The molecule has 1 nitrogen and oxygen atoms in total. The Morgan fingerprint density at radius 2 is 1.88 bits per heavy atom. The van der Waals surface area contributed by atoms with Crippen LogP contribution in [0.3, 0.4) is 0 Å². The van der Waals surface area contributed by atoms with E-state index in [-0.39, 0.29) is 0 Å². The van der Waals surface area contributed by atoms with Gasteiger partial charge in [0.15, 0.2) is 0 Å². The van der Waals surface area contributed by atoms with Gasteiger partial charge in [-0.25, -0.2) is 0 Å². The van der Waals surface area contributed by atoms with E-state index in [1.807, 2.05) is 19.3 Å². The number of hydrogen-bond acceptors (Lipinski definition) is 1. The first-order valence-electron chi connectivity index (χ1n) is 8.83. The van der Waals surface area contributed by atoms with Crippen LogP contribution in [0.5, 0.6) is 0 Å². The number of allylic oxidation sites excluding steroid dienone is 3. The maximum atomic E-state index is 6.48. The fourth-order valence-corrected chi connectivity index (χ4v) is 3.47. The van der Waals surface area contributed by atoms with E-state index in [4.69, 9.17) is 7.85 Å². The minimum Gasteiger partial charge on any atom is -0.393 e. The third-order valence-electron chi connectivity index (χ3n) is 4.78. The van der Waals surface area contributed by atoms with Gasteiger partial charge < -0.3 is 5.32 Å². The monoisotopic (exact) mass is 325 g/mol. The van der Waals surface area contributed by atoms with Crippen LogP contribution in [-0.2, 0) is 6.42 Å². The molecule has 0 fully saturated rings.